The number of hydrogen-bond acceptors (Lipinski definition) is 3. The zero-order valence-electron chi connectivity index (χ0n) is 9.58. The van der Waals surface area contributed by atoms with Crippen LogP contribution in [0.25, 0.3) is 0 Å². The first-order valence-electron chi connectivity index (χ1n) is 5.34. The van der Waals surface area contributed by atoms with Crippen molar-refractivity contribution in [3.8, 4) is 0 Å². The minimum absolute atomic E-state index is 0.298. The number of hydrogen-bond donors (Lipinski definition) is 1. The SMILES string of the molecule is Cc1n[nH]c(=S)n1CC1(N(C)C)CCC1. The second-order valence-corrected chi connectivity index (χ2v) is 5.02. The van der Waals surface area contributed by atoms with E-state index in [0.29, 0.717) is 5.54 Å². The number of nitrogens with one attached hydrogen (secondary N) is 1. The van der Waals surface area contributed by atoms with E-state index in [1.165, 1.54) is 19.3 Å². The molecule has 0 amide bonds. The number of likely N-dealkylation sites (N-methyl/N-ethyl adjacent to an activating group) is 1. The van der Waals surface area contributed by atoms with Crippen molar-refractivity contribution in [2.24, 2.45) is 0 Å². The third-order valence-electron chi connectivity index (χ3n) is 3.63. The van der Waals surface area contributed by atoms with Gasteiger partial charge >= 0.3 is 0 Å². The fraction of sp³-hybridized carbons (Fsp3) is 0.800. The Morgan fingerprint density at radius 3 is 2.53 bits per heavy atom. The Morgan fingerprint density at radius 1 is 1.53 bits per heavy atom. The molecule has 1 N–H and O–H groups in total. The van der Waals surface area contributed by atoms with Crippen LogP contribution in [0.1, 0.15) is 25.1 Å². The molecule has 0 bridgehead atoms. The zero-order valence-corrected chi connectivity index (χ0v) is 10.4. The van der Waals surface area contributed by atoms with E-state index in [9.17, 15) is 0 Å². The summed E-state index contributed by atoms with van der Waals surface area (Å²) in [4.78, 5) is 2.32. The smallest absolute Gasteiger partial charge is 0.195 e. The summed E-state index contributed by atoms with van der Waals surface area (Å²) in [7, 11) is 4.30. The number of H-pyrrole nitrogens is 1. The van der Waals surface area contributed by atoms with Gasteiger partial charge in [-0.05, 0) is 52.5 Å². The molecule has 0 unspecified atom stereocenters. The standard InChI is InChI=1S/C10H18N4S/c1-8-11-12-9(15)14(8)7-10(13(2)3)5-4-6-10/h4-7H2,1-3H3,(H,12,15). The lowest BCUT2D eigenvalue weighted by molar-refractivity contribution is 0.0414. The Labute approximate surface area is 95.3 Å². The molecule has 1 fully saturated rings. The van der Waals surface area contributed by atoms with Crippen molar-refractivity contribution in [3.05, 3.63) is 10.6 Å². The van der Waals surface area contributed by atoms with Gasteiger partial charge in [-0.2, -0.15) is 5.10 Å². The molecule has 2 rings (SSSR count). The van der Waals surface area contributed by atoms with Gasteiger partial charge in [-0.15, -0.1) is 0 Å². The molecule has 0 saturated heterocycles. The molecule has 0 atom stereocenters. The van der Waals surface area contributed by atoms with E-state index in [1.54, 1.807) is 0 Å². The summed E-state index contributed by atoms with van der Waals surface area (Å²) in [5.41, 5.74) is 0.298. The highest BCUT2D eigenvalue weighted by Gasteiger charge is 2.39. The molecule has 1 saturated carbocycles. The highest BCUT2D eigenvalue weighted by Crippen LogP contribution is 2.37. The Balaban J connectivity index is 2.24. The van der Waals surface area contributed by atoms with Crippen LogP contribution in [0.15, 0.2) is 0 Å². The maximum Gasteiger partial charge on any atom is 0.195 e. The summed E-state index contributed by atoms with van der Waals surface area (Å²) in [5.74, 6) is 0.980. The lowest BCUT2D eigenvalue weighted by Gasteiger charge is -2.47. The van der Waals surface area contributed by atoms with Crippen molar-refractivity contribution >= 4 is 12.2 Å². The molecular weight excluding hydrogens is 208 g/mol. The molecule has 1 heterocycles. The summed E-state index contributed by atoms with van der Waals surface area (Å²) in [6.07, 6.45) is 3.83. The Hall–Kier alpha value is -0.680. The van der Waals surface area contributed by atoms with Crippen LogP contribution < -0.4 is 0 Å². The van der Waals surface area contributed by atoms with E-state index in [-0.39, 0.29) is 0 Å². The van der Waals surface area contributed by atoms with Crippen molar-refractivity contribution < 1.29 is 0 Å². The van der Waals surface area contributed by atoms with E-state index < -0.39 is 0 Å². The number of nitrogens with zero attached hydrogens (tertiary/aromatic N) is 3. The molecule has 1 aliphatic rings. The number of aryl methyl sites for hydroxylation is 1. The maximum atomic E-state index is 5.23. The third kappa shape index (κ3) is 1.74. The fourth-order valence-corrected chi connectivity index (χ4v) is 2.45. The van der Waals surface area contributed by atoms with Crippen LogP contribution in [-0.2, 0) is 6.54 Å². The average Bonchev–Trinajstić information content (AvgIpc) is 2.40. The molecule has 1 aromatic rings. The van der Waals surface area contributed by atoms with Gasteiger partial charge in [0.05, 0.1) is 0 Å². The Bertz CT molecular complexity index is 400. The third-order valence-corrected chi connectivity index (χ3v) is 3.95. The number of aromatic amines is 1. The topological polar surface area (TPSA) is 36.9 Å². The summed E-state index contributed by atoms with van der Waals surface area (Å²) >= 11 is 5.23. The number of aromatic nitrogens is 3. The predicted octanol–water partition coefficient (Wildman–Crippen LogP) is 1.73. The normalized spacial score (nSPS) is 19.2. The molecule has 15 heavy (non-hydrogen) atoms. The quantitative estimate of drug-likeness (QED) is 0.798. The van der Waals surface area contributed by atoms with Gasteiger partial charge in [0.2, 0.25) is 0 Å². The highest BCUT2D eigenvalue weighted by molar-refractivity contribution is 7.71. The van der Waals surface area contributed by atoms with Gasteiger partial charge in [-0.25, -0.2) is 0 Å². The largest absolute Gasteiger partial charge is 0.303 e. The minimum atomic E-state index is 0.298. The van der Waals surface area contributed by atoms with E-state index in [1.807, 2.05) is 6.92 Å². The van der Waals surface area contributed by atoms with Gasteiger partial charge in [-0.1, -0.05) is 0 Å². The molecule has 84 valence electrons. The number of rotatable bonds is 3. The molecular formula is C10H18N4S. The fourth-order valence-electron chi connectivity index (χ4n) is 2.21. The molecule has 1 aromatic heterocycles. The molecule has 1 aliphatic carbocycles. The van der Waals surface area contributed by atoms with Crippen LogP contribution in [-0.4, -0.2) is 39.3 Å². The van der Waals surface area contributed by atoms with Gasteiger partial charge in [-0.3, -0.25) is 5.10 Å². The van der Waals surface area contributed by atoms with Crippen LogP contribution in [0, 0.1) is 11.7 Å². The summed E-state index contributed by atoms with van der Waals surface area (Å²) < 4.78 is 2.84. The second kappa shape index (κ2) is 3.72. The van der Waals surface area contributed by atoms with Crippen LogP contribution >= 0.6 is 12.2 Å². The average molecular weight is 226 g/mol. The van der Waals surface area contributed by atoms with Crippen LogP contribution in [0.2, 0.25) is 0 Å². The van der Waals surface area contributed by atoms with Crippen molar-refractivity contribution in [2.75, 3.05) is 14.1 Å². The summed E-state index contributed by atoms with van der Waals surface area (Å²) in [6, 6.07) is 0. The zero-order chi connectivity index (χ0) is 11.1. The summed E-state index contributed by atoms with van der Waals surface area (Å²) in [6.45, 7) is 2.95. The van der Waals surface area contributed by atoms with E-state index >= 15 is 0 Å². The van der Waals surface area contributed by atoms with Crippen molar-refractivity contribution in [1.82, 2.24) is 19.7 Å². The Kier molecular flexibility index (Phi) is 2.68. The first kappa shape index (κ1) is 10.8. The minimum Gasteiger partial charge on any atom is -0.303 e. The molecule has 0 spiro atoms. The van der Waals surface area contributed by atoms with Gasteiger partial charge < -0.3 is 9.47 Å². The van der Waals surface area contributed by atoms with Crippen molar-refractivity contribution in [3.63, 3.8) is 0 Å². The van der Waals surface area contributed by atoms with Gasteiger partial charge in [0.1, 0.15) is 5.82 Å². The maximum absolute atomic E-state index is 5.23. The lowest BCUT2D eigenvalue weighted by Crippen LogP contribution is -2.53. The van der Waals surface area contributed by atoms with Gasteiger partial charge in [0.15, 0.2) is 4.77 Å². The van der Waals surface area contributed by atoms with Gasteiger partial charge in [0, 0.05) is 12.1 Å². The van der Waals surface area contributed by atoms with E-state index in [0.717, 1.165) is 17.1 Å². The molecule has 0 aromatic carbocycles. The monoisotopic (exact) mass is 226 g/mol. The van der Waals surface area contributed by atoms with Crippen LogP contribution in [0.5, 0.6) is 0 Å². The predicted molar refractivity (Wildman–Crippen MR) is 62.4 cm³/mol. The molecule has 4 nitrogen and oxygen atoms in total. The van der Waals surface area contributed by atoms with Gasteiger partial charge in [0.25, 0.3) is 0 Å². The lowest BCUT2D eigenvalue weighted by atomic mass is 9.75. The Morgan fingerprint density at radius 2 is 2.20 bits per heavy atom. The molecule has 0 aliphatic heterocycles. The van der Waals surface area contributed by atoms with Crippen LogP contribution in [0.3, 0.4) is 0 Å². The first-order chi connectivity index (χ1) is 7.05. The summed E-state index contributed by atoms with van der Waals surface area (Å²) in [5, 5.41) is 6.99. The van der Waals surface area contributed by atoms with E-state index in [4.69, 9.17) is 12.2 Å². The first-order valence-corrected chi connectivity index (χ1v) is 5.75. The van der Waals surface area contributed by atoms with E-state index in [2.05, 4.69) is 33.8 Å². The van der Waals surface area contributed by atoms with Crippen LogP contribution in [0.4, 0.5) is 0 Å². The van der Waals surface area contributed by atoms with Crippen molar-refractivity contribution in [2.45, 2.75) is 38.3 Å². The second-order valence-electron chi connectivity index (χ2n) is 4.63. The molecule has 5 heteroatoms. The highest BCUT2D eigenvalue weighted by atomic mass is 32.1. The van der Waals surface area contributed by atoms with Crippen molar-refractivity contribution in [1.29, 1.82) is 0 Å². The molecule has 0 radical (unpaired) electrons.